The second kappa shape index (κ2) is 5.83. The quantitative estimate of drug-likeness (QED) is 0.513. The van der Waals surface area contributed by atoms with Gasteiger partial charge in [0.2, 0.25) is 0 Å². The van der Waals surface area contributed by atoms with Crippen LogP contribution in [0.2, 0.25) is 0 Å². The second-order valence-electron chi connectivity index (χ2n) is 4.30. The van der Waals surface area contributed by atoms with E-state index in [9.17, 15) is 9.59 Å². The van der Waals surface area contributed by atoms with Gasteiger partial charge in [0.15, 0.2) is 6.04 Å². The first-order valence-corrected chi connectivity index (χ1v) is 5.49. The first-order valence-electron chi connectivity index (χ1n) is 5.49. The van der Waals surface area contributed by atoms with Gasteiger partial charge in [-0.2, -0.15) is 0 Å². The molecule has 1 aliphatic heterocycles. The summed E-state index contributed by atoms with van der Waals surface area (Å²) < 4.78 is 5.46. The number of nitrogens with one attached hydrogen (secondary N) is 2. The largest absolute Gasteiger partial charge is 0.480 e. The fourth-order valence-corrected chi connectivity index (χ4v) is 1.64. The highest BCUT2D eigenvalue weighted by Gasteiger charge is 2.30. The molecule has 0 aromatic rings. The molecule has 1 unspecified atom stereocenters. The van der Waals surface area contributed by atoms with E-state index in [-0.39, 0.29) is 5.60 Å². The monoisotopic (exact) mass is 246 g/mol. The zero-order valence-corrected chi connectivity index (χ0v) is 9.73. The summed E-state index contributed by atoms with van der Waals surface area (Å²) in [7, 11) is 0. The summed E-state index contributed by atoms with van der Waals surface area (Å²) >= 11 is 0. The molecule has 1 fully saturated rings. The summed E-state index contributed by atoms with van der Waals surface area (Å²) in [4.78, 5) is 21.9. The average Bonchev–Trinajstić information content (AvgIpc) is 2.70. The van der Waals surface area contributed by atoms with E-state index in [1.807, 2.05) is 6.92 Å². The van der Waals surface area contributed by atoms with Crippen molar-refractivity contribution in [2.45, 2.75) is 31.4 Å². The zero-order valence-electron chi connectivity index (χ0n) is 9.73. The molecule has 7 heteroatoms. The van der Waals surface area contributed by atoms with Crippen molar-refractivity contribution < 1.29 is 24.5 Å². The van der Waals surface area contributed by atoms with Crippen LogP contribution in [0.4, 0.5) is 4.79 Å². The SMILES string of the molecule is CC1(CNC(=O)N[C@@H](CO)C(=O)O)CCCO1. The van der Waals surface area contributed by atoms with E-state index in [4.69, 9.17) is 14.9 Å². The van der Waals surface area contributed by atoms with E-state index in [1.165, 1.54) is 0 Å². The third-order valence-electron chi connectivity index (χ3n) is 2.71. The number of urea groups is 1. The maximum Gasteiger partial charge on any atom is 0.328 e. The van der Waals surface area contributed by atoms with Crippen molar-refractivity contribution in [3.05, 3.63) is 0 Å². The van der Waals surface area contributed by atoms with Gasteiger partial charge in [-0.05, 0) is 19.8 Å². The summed E-state index contributed by atoms with van der Waals surface area (Å²) in [5.74, 6) is -1.27. The van der Waals surface area contributed by atoms with Gasteiger partial charge in [0.1, 0.15) is 0 Å². The summed E-state index contributed by atoms with van der Waals surface area (Å²) in [5, 5.41) is 22.0. The Hall–Kier alpha value is -1.34. The van der Waals surface area contributed by atoms with Crippen LogP contribution >= 0.6 is 0 Å². The fourth-order valence-electron chi connectivity index (χ4n) is 1.64. The van der Waals surface area contributed by atoms with Crippen LogP contribution in [-0.4, -0.2) is 53.6 Å². The molecule has 0 spiro atoms. The molecule has 17 heavy (non-hydrogen) atoms. The third kappa shape index (κ3) is 4.20. The van der Waals surface area contributed by atoms with Gasteiger partial charge in [-0.3, -0.25) is 0 Å². The molecule has 0 saturated carbocycles. The average molecular weight is 246 g/mol. The number of rotatable bonds is 5. The lowest BCUT2D eigenvalue weighted by molar-refractivity contribution is -0.140. The minimum Gasteiger partial charge on any atom is -0.480 e. The second-order valence-corrected chi connectivity index (χ2v) is 4.30. The summed E-state index contributed by atoms with van der Waals surface area (Å²) in [5.41, 5.74) is -0.380. The Morgan fingerprint density at radius 1 is 1.53 bits per heavy atom. The van der Waals surface area contributed by atoms with E-state index in [0.29, 0.717) is 13.2 Å². The number of carboxylic acid groups (broad SMARTS) is 1. The van der Waals surface area contributed by atoms with Crippen molar-refractivity contribution in [1.29, 1.82) is 0 Å². The molecule has 4 N–H and O–H groups in total. The molecule has 0 radical (unpaired) electrons. The number of carbonyl (C=O) groups is 2. The Balaban J connectivity index is 2.31. The lowest BCUT2D eigenvalue weighted by atomic mass is 10.0. The maximum absolute atomic E-state index is 11.4. The van der Waals surface area contributed by atoms with Crippen LogP contribution in [0.3, 0.4) is 0 Å². The van der Waals surface area contributed by atoms with Crippen molar-refractivity contribution in [2.24, 2.45) is 0 Å². The van der Waals surface area contributed by atoms with Crippen molar-refractivity contribution in [3.8, 4) is 0 Å². The van der Waals surface area contributed by atoms with Gasteiger partial charge >= 0.3 is 12.0 Å². The fraction of sp³-hybridized carbons (Fsp3) is 0.800. The van der Waals surface area contributed by atoms with Crippen molar-refractivity contribution in [1.82, 2.24) is 10.6 Å². The molecule has 1 saturated heterocycles. The molecule has 7 nitrogen and oxygen atoms in total. The number of aliphatic hydroxyl groups is 1. The smallest absolute Gasteiger partial charge is 0.328 e. The molecule has 0 aromatic carbocycles. The number of hydrogen-bond donors (Lipinski definition) is 4. The van der Waals surface area contributed by atoms with Gasteiger partial charge in [0, 0.05) is 13.2 Å². The van der Waals surface area contributed by atoms with Crippen molar-refractivity contribution >= 4 is 12.0 Å². The third-order valence-corrected chi connectivity index (χ3v) is 2.71. The van der Waals surface area contributed by atoms with Gasteiger partial charge in [-0.25, -0.2) is 9.59 Å². The predicted octanol–water partition coefficient (Wildman–Crippen LogP) is -0.700. The van der Waals surface area contributed by atoms with Crippen LogP contribution in [0.15, 0.2) is 0 Å². The topological polar surface area (TPSA) is 108 Å². The summed E-state index contributed by atoms with van der Waals surface area (Å²) in [6.07, 6.45) is 1.81. The van der Waals surface area contributed by atoms with Gasteiger partial charge in [-0.1, -0.05) is 0 Å². The molecule has 0 bridgehead atoms. The Kier molecular flexibility index (Phi) is 4.71. The Bertz CT molecular complexity index is 288. The normalized spacial score (nSPS) is 25.3. The molecule has 1 rings (SSSR count). The van der Waals surface area contributed by atoms with E-state index in [1.54, 1.807) is 0 Å². The first kappa shape index (κ1) is 13.7. The number of ether oxygens (including phenoxy) is 1. The van der Waals surface area contributed by atoms with Crippen molar-refractivity contribution in [2.75, 3.05) is 19.8 Å². The Morgan fingerprint density at radius 2 is 2.24 bits per heavy atom. The van der Waals surface area contributed by atoms with Gasteiger partial charge in [0.25, 0.3) is 0 Å². The standard InChI is InChI=1S/C10H18N2O5/c1-10(3-2-4-17-10)6-11-9(16)12-7(5-13)8(14)15/h7,13H,2-6H2,1H3,(H,14,15)(H2,11,12,16)/t7-,10?/m0/s1. The first-order chi connectivity index (χ1) is 7.97. The molecular formula is C10H18N2O5. The number of aliphatic carboxylic acids is 1. The maximum atomic E-state index is 11.4. The van der Waals surface area contributed by atoms with Crippen LogP contribution in [0, 0.1) is 0 Å². The highest BCUT2D eigenvalue weighted by molar-refractivity contribution is 5.82. The summed E-state index contributed by atoms with van der Waals surface area (Å²) in [6, 6.07) is -1.91. The van der Waals surface area contributed by atoms with E-state index in [2.05, 4.69) is 10.6 Å². The molecule has 0 aliphatic carbocycles. The molecule has 1 aliphatic rings. The van der Waals surface area contributed by atoms with E-state index >= 15 is 0 Å². The predicted molar refractivity (Wildman–Crippen MR) is 58.6 cm³/mol. The van der Waals surface area contributed by atoms with Gasteiger partial charge in [0.05, 0.1) is 12.2 Å². The van der Waals surface area contributed by atoms with E-state index < -0.39 is 24.6 Å². The van der Waals surface area contributed by atoms with Crippen LogP contribution < -0.4 is 10.6 Å². The number of carboxylic acids is 1. The number of hydrogen-bond acceptors (Lipinski definition) is 4. The van der Waals surface area contributed by atoms with Crippen molar-refractivity contribution in [3.63, 3.8) is 0 Å². The highest BCUT2D eigenvalue weighted by atomic mass is 16.5. The minimum absolute atomic E-state index is 0.316. The van der Waals surface area contributed by atoms with E-state index in [0.717, 1.165) is 12.8 Å². The Morgan fingerprint density at radius 3 is 2.71 bits per heavy atom. The highest BCUT2D eigenvalue weighted by Crippen LogP contribution is 2.23. The van der Waals surface area contributed by atoms with Crippen LogP contribution in [-0.2, 0) is 9.53 Å². The number of aliphatic hydroxyl groups excluding tert-OH is 1. The minimum atomic E-state index is -1.28. The number of carbonyl (C=O) groups excluding carboxylic acids is 1. The lowest BCUT2D eigenvalue weighted by Gasteiger charge is -2.23. The Labute approximate surface area is 99.1 Å². The zero-order chi connectivity index (χ0) is 12.9. The van der Waals surface area contributed by atoms with Gasteiger partial charge < -0.3 is 25.6 Å². The van der Waals surface area contributed by atoms with Crippen LogP contribution in [0.5, 0.6) is 0 Å². The molecular weight excluding hydrogens is 228 g/mol. The molecule has 0 aromatic heterocycles. The molecule has 2 atom stereocenters. The molecule has 2 amide bonds. The van der Waals surface area contributed by atoms with Gasteiger partial charge in [-0.15, -0.1) is 0 Å². The lowest BCUT2D eigenvalue weighted by Crippen LogP contribution is -2.50. The number of amides is 2. The van der Waals surface area contributed by atoms with Crippen LogP contribution in [0.1, 0.15) is 19.8 Å². The molecule has 1 heterocycles. The summed E-state index contributed by atoms with van der Waals surface area (Å²) in [6.45, 7) is 2.24. The molecule has 98 valence electrons. The van der Waals surface area contributed by atoms with Crippen LogP contribution in [0.25, 0.3) is 0 Å².